The summed E-state index contributed by atoms with van der Waals surface area (Å²) >= 11 is 5.81. The number of aliphatic carboxylic acids is 1. The van der Waals surface area contributed by atoms with Crippen LogP contribution in [-0.4, -0.2) is 47.2 Å². The van der Waals surface area contributed by atoms with E-state index in [0.717, 1.165) is 19.4 Å². The Balaban J connectivity index is 1.42. The molecular formula is C17H22ClN3O3. The van der Waals surface area contributed by atoms with Gasteiger partial charge in [0.25, 0.3) is 0 Å². The number of hydrogen-bond donors (Lipinski definition) is 3. The second-order valence-electron chi connectivity index (χ2n) is 6.69. The average Bonchev–Trinajstić information content (AvgIpc) is 3.28. The Morgan fingerprint density at radius 1 is 1.21 bits per heavy atom. The van der Waals surface area contributed by atoms with Gasteiger partial charge in [0.2, 0.25) is 0 Å². The zero-order valence-corrected chi connectivity index (χ0v) is 14.1. The highest BCUT2D eigenvalue weighted by Gasteiger charge is 2.37. The molecule has 6 nitrogen and oxygen atoms in total. The minimum Gasteiger partial charge on any atom is -0.480 e. The Labute approximate surface area is 146 Å². The van der Waals surface area contributed by atoms with Crippen molar-refractivity contribution in [1.29, 1.82) is 0 Å². The third kappa shape index (κ3) is 4.85. The maximum absolute atomic E-state index is 12.0. The Kier molecular flexibility index (Phi) is 5.26. The molecule has 1 aromatic carbocycles. The van der Waals surface area contributed by atoms with Gasteiger partial charge in [0, 0.05) is 29.3 Å². The molecule has 2 aliphatic rings. The lowest BCUT2D eigenvalue weighted by atomic mass is 9.85. The first-order valence-electron chi connectivity index (χ1n) is 8.28. The molecule has 1 aromatic rings. The normalized spacial score (nSPS) is 22.8. The van der Waals surface area contributed by atoms with Gasteiger partial charge in [-0.3, -0.25) is 9.69 Å². The van der Waals surface area contributed by atoms with Gasteiger partial charge in [0.15, 0.2) is 0 Å². The second-order valence-corrected chi connectivity index (χ2v) is 7.13. The Morgan fingerprint density at radius 3 is 2.46 bits per heavy atom. The van der Waals surface area contributed by atoms with E-state index in [1.807, 2.05) is 0 Å². The van der Waals surface area contributed by atoms with Crippen LogP contribution < -0.4 is 10.6 Å². The summed E-state index contributed by atoms with van der Waals surface area (Å²) in [5.41, 5.74) is 0.689. The van der Waals surface area contributed by atoms with E-state index in [4.69, 9.17) is 16.7 Å². The molecule has 0 unspecified atom stereocenters. The number of amides is 2. The van der Waals surface area contributed by atoms with Gasteiger partial charge in [-0.15, -0.1) is 0 Å². The molecule has 2 saturated carbocycles. The van der Waals surface area contributed by atoms with Crippen LogP contribution in [0.15, 0.2) is 24.3 Å². The highest BCUT2D eigenvalue weighted by atomic mass is 35.5. The summed E-state index contributed by atoms with van der Waals surface area (Å²) in [5.74, 6) is -0.128. The fraction of sp³-hybridized carbons (Fsp3) is 0.529. The number of nitrogens with one attached hydrogen (secondary N) is 2. The van der Waals surface area contributed by atoms with Crippen molar-refractivity contribution in [2.24, 2.45) is 5.92 Å². The minimum atomic E-state index is -0.785. The van der Waals surface area contributed by atoms with E-state index in [1.165, 1.54) is 12.8 Å². The Morgan fingerprint density at radius 2 is 1.88 bits per heavy atom. The number of urea groups is 1. The van der Waals surface area contributed by atoms with Crippen LogP contribution in [0.25, 0.3) is 0 Å². The van der Waals surface area contributed by atoms with Crippen LogP contribution in [0.1, 0.15) is 25.7 Å². The lowest BCUT2D eigenvalue weighted by molar-refractivity contribution is -0.139. The van der Waals surface area contributed by atoms with E-state index in [0.29, 0.717) is 16.6 Å². The van der Waals surface area contributed by atoms with E-state index >= 15 is 0 Å². The summed E-state index contributed by atoms with van der Waals surface area (Å²) in [7, 11) is 0. The van der Waals surface area contributed by atoms with Gasteiger partial charge in [-0.2, -0.15) is 0 Å². The molecule has 2 aliphatic carbocycles. The van der Waals surface area contributed by atoms with Gasteiger partial charge in [0.1, 0.15) is 0 Å². The van der Waals surface area contributed by atoms with Crippen molar-refractivity contribution in [2.45, 2.75) is 37.8 Å². The summed E-state index contributed by atoms with van der Waals surface area (Å²) in [6.45, 7) is 0.950. The first kappa shape index (κ1) is 17.0. The number of carboxylic acid groups (broad SMARTS) is 1. The largest absolute Gasteiger partial charge is 0.480 e. The van der Waals surface area contributed by atoms with Crippen molar-refractivity contribution >= 4 is 29.3 Å². The van der Waals surface area contributed by atoms with Crippen LogP contribution in [0.3, 0.4) is 0 Å². The van der Waals surface area contributed by atoms with E-state index in [1.54, 1.807) is 24.3 Å². The fourth-order valence-electron chi connectivity index (χ4n) is 3.04. The van der Waals surface area contributed by atoms with Gasteiger partial charge >= 0.3 is 12.0 Å². The molecule has 0 aliphatic heterocycles. The monoisotopic (exact) mass is 351 g/mol. The SMILES string of the molecule is O=C(O)CN(CC1CC1)C1CC(NC(=O)Nc2ccc(Cl)cc2)C1. The Hall–Kier alpha value is -1.79. The lowest BCUT2D eigenvalue weighted by Gasteiger charge is -2.42. The van der Waals surface area contributed by atoms with Gasteiger partial charge in [0.05, 0.1) is 6.54 Å². The third-order valence-corrected chi connectivity index (χ3v) is 4.85. The molecular weight excluding hydrogens is 330 g/mol. The molecule has 3 N–H and O–H groups in total. The third-order valence-electron chi connectivity index (χ3n) is 4.59. The van der Waals surface area contributed by atoms with Crippen molar-refractivity contribution in [3.8, 4) is 0 Å². The highest BCUT2D eigenvalue weighted by Crippen LogP contribution is 2.33. The summed E-state index contributed by atoms with van der Waals surface area (Å²) in [4.78, 5) is 25.0. The number of benzene rings is 1. The number of rotatable bonds is 7. The van der Waals surface area contributed by atoms with Gasteiger partial charge in [-0.05, 0) is 55.9 Å². The van der Waals surface area contributed by atoms with E-state index < -0.39 is 5.97 Å². The molecule has 7 heteroatoms. The number of hydrogen-bond acceptors (Lipinski definition) is 3. The van der Waals surface area contributed by atoms with Crippen LogP contribution in [0.2, 0.25) is 5.02 Å². The molecule has 0 bridgehead atoms. The molecule has 3 rings (SSSR count). The molecule has 0 heterocycles. The standard InChI is InChI=1S/C17H22ClN3O3/c18-12-3-5-13(6-4-12)19-17(24)20-14-7-15(8-14)21(10-16(22)23)9-11-1-2-11/h3-6,11,14-15H,1-2,7-10H2,(H,22,23)(H2,19,20,24). The van der Waals surface area contributed by atoms with Crippen molar-refractivity contribution in [1.82, 2.24) is 10.2 Å². The van der Waals surface area contributed by atoms with Gasteiger partial charge < -0.3 is 15.7 Å². The zero-order valence-electron chi connectivity index (χ0n) is 13.4. The van der Waals surface area contributed by atoms with Gasteiger partial charge in [-0.25, -0.2) is 4.79 Å². The number of anilines is 1. The van der Waals surface area contributed by atoms with Crippen LogP contribution in [0, 0.1) is 5.92 Å². The number of carboxylic acids is 1. The average molecular weight is 352 g/mol. The summed E-state index contributed by atoms with van der Waals surface area (Å²) in [6, 6.07) is 7.04. The predicted molar refractivity (Wildman–Crippen MR) is 92.3 cm³/mol. The first-order chi connectivity index (χ1) is 11.5. The number of nitrogens with zero attached hydrogens (tertiary/aromatic N) is 1. The molecule has 0 aromatic heterocycles. The topological polar surface area (TPSA) is 81.7 Å². The fourth-order valence-corrected chi connectivity index (χ4v) is 3.16. The smallest absolute Gasteiger partial charge is 0.319 e. The number of carbonyl (C=O) groups is 2. The molecule has 130 valence electrons. The predicted octanol–water partition coefficient (Wildman–Crippen LogP) is 2.79. The molecule has 0 radical (unpaired) electrons. The van der Waals surface area contributed by atoms with Crippen LogP contribution in [-0.2, 0) is 4.79 Å². The maximum Gasteiger partial charge on any atom is 0.319 e. The van der Waals surface area contributed by atoms with Crippen LogP contribution in [0.5, 0.6) is 0 Å². The number of halogens is 1. The molecule has 0 spiro atoms. The molecule has 2 amide bonds. The van der Waals surface area contributed by atoms with E-state index in [9.17, 15) is 9.59 Å². The van der Waals surface area contributed by atoms with Crippen LogP contribution >= 0.6 is 11.6 Å². The molecule has 24 heavy (non-hydrogen) atoms. The highest BCUT2D eigenvalue weighted by molar-refractivity contribution is 6.30. The summed E-state index contributed by atoms with van der Waals surface area (Å²) in [6.07, 6.45) is 4.00. The van der Waals surface area contributed by atoms with Crippen molar-refractivity contribution in [2.75, 3.05) is 18.4 Å². The molecule has 2 fully saturated rings. The van der Waals surface area contributed by atoms with Crippen molar-refractivity contribution in [3.63, 3.8) is 0 Å². The zero-order chi connectivity index (χ0) is 17.1. The van der Waals surface area contributed by atoms with Crippen molar-refractivity contribution in [3.05, 3.63) is 29.3 Å². The quantitative estimate of drug-likeness (QED) is 0.705. The van der Waals surface area contributed by atoms with E-state index in [2.05, 4.69) is 15.5 Å². The van der Waals surface area contributed by atoms with Crippen molar-refractivity contribution < 1.29 is 14.7 Å². The summed E-state index contributed by atoms with van der Waals surface area (Å²) < 4.78 is 0. The van der Waals surface area contributed by atoms with Crippen LogP contribution in [0.4, 0.5) is 10.5 Å². The molecule has 0 saturated heterocycles. The minimum absolute atomic E-state index is 0.0882. The summed E-state index contributed by atoms with van der Waals surface area (Å²) in [5, 5.41) is 15.4. The second kappa shape index (κ2) is 7.40. The Bertz CT molecular complexity index is 598. The molecule has 0 atom stereocenters. The maximum atomic E-state index is 12.0. The van der Waals surface area contributed by atoms with Gasteiger partial charge in [-0.1, -0.05) is 11.6 Å². The lowest BCUT2D eigenvalue weighted by Crippen LogP contribution is -2.55. The van der Waals surface area contributed by atoms with E-state index in [-0.39, 0.29) is 24.7 Å². The number of carbonyl (C=O) groups excluding carboxylic acids is 1. The first-order valence-corrected chi connectivity index (χ1v) is 8.66.